The van der Waals surface area contributed by atoms with Gasteiger partial charge in [0, 0.05) is 30.8 Å². The third-order valence-corrected chi connectivity index (χ3v) is 4.38. The van der Waals surface area contributed by atoms with Gasteiger partial charge in [0.05, 0.1) is 5.69 Å². The first-order valence-corrected chi connectivity index (χ1v) is 7.48. The first kappa shape index (κ1) is 13.4. The number of nitrogens with zero attached hydrogens (tertiary/aromatic N) is 2. The number of nitrogens with one attached hydrogen (secondary N) is 1. The molecule has 1 saturated heterocycles. The monoisotopic (exact) mass is 269 g/mol. The molecular formula is C17H23N3. The first-order chi connectivity index (χ1) is 9.66. The minimum absolute atomic E-state index is 0.542. The maximum atomic E-state index is 4.81. The predicted octanol–water partition coefficient (Wildman–Crippen LogP) is 3.17. The summed E-state index contributed by atoms with van der Waals surface area (Å²) >= 11 is 0. The van der Waals surface area contributed by atoms with Crippen LogP contribution in [0.5, 0.6) is 0 Å². The van der Waals surface area contributed by atoms with Crippen molar-refractivity contribution in [2.45, 2.75) is 32.6 Å². The Kier molecular flexibility index (Phi) is 3.62. The fourth-order valence-electron chi connectivity index (χ4n) is 3.08. The molecule has 0 saturated carbocycles. The summed E-state index contributed by atoms with van der Waals surface area (Å²) in [5, 5.41) is 8.31. The van der Waals surface area contributed by atoms with Gasteiger partial charge in [-0.2, -0.15) is 5.10 Å². The quantitative estimate of drug-likeness (QED) is 0.907. The third-order valence-electron chi connectivity index (χ3n) is 4.38. The van der Waals surface area contributed by atoms with E-state index in [2.05, 4.69) is 43.4 Å². The van der Waals surface area contributed by atoms with E-state index in [9.17, 15) is 0 Å². The summed E-state index contributed by atoms with van der Waals surface area (Å²) in [5.74, 6) is 0.542. The van der Waals surface area contributed by atoms with E-state index in [0.717, 1.165) is 13.1 Å². The topological polar surface area (TPSA) is 29.9 Å². The number of aromatic nitrogens is 2. The van der Waals surface area contributed by atoms with Crippen LogP contribution >= 0.6 is 0 Å². The van der Waals surface area contributed by atoms with Gasteiger partial charge in [-0.05, 0) is 38.8 Å². The fraction of sp³-hybridized carbons (Fsp3) is 0.471. The molecule has 1 fully saturated rings. The molecule has 1 atom stereocenters. The summed E-state index contributed by atoms with van der Waals surface area (Å²) < 4.78 is 2.03. The molecule has 0 radical (unpaired) electrons. The largest absolute Gasteiger partial charge is 0.316 e. The maximum absolute atomic E-state index is 4.81. The molecule has 1 unspecified atom stereocenters. The second-order valence-electron chi connectivity index (χ2n) is 5.88. The number of piperidine rings is 1. The van der Waals surface area contributed by atoms with E-state index in [1.54, 1.807) is 0 Å². The zero-order valence-corrected chi connectivity index (χ0v) is 12.6. The lowest BCUT2D eigenvalue weighted by Gasteiger charge is -2.22. The molecular weight excluding hydrogens is 246 g/mol. The van der Waals surface area contributed by atoms with Crippen molar-refractivity contribution in [1.29, 1.82) is 0 Å². The van der Waals surface area contributed by atoms with Crippen molar-refractivity contribution in [3.8, 4) is 11.1 Å². The van der Waals surface area contributed by atoms with Gasteiger partial charge in [-0.15, -0.1) is 0 Å². The highest BCUT2D eigenvalue weighted by Gasteiger charge is 2.24. The van der Waals surface area contributed by atoms with Crippen molar-refractivity contribution >= 4 is 0 Å². The number of aryl methyl sites for hydroxylation is 2. The van der Waals surface area contributed by atoms with Crippen molar-refractivity contribution in [1.82, 2.24) is 15.1 Å². The van der Waals surface area contributed by atoms with E-state index >= 15 is 0 Å². The van der Waals surface area contributed by atoms with Crippen LogP contribution in [0.15, 0.2) is 24.3 Å². The molecule has 106 valence electrons. The Hall–Kier alpha value is -1.61. The summed E-state index contributed by atoms with van der Waals surface area (Å²) in [7, 11) is 2.05. The molecule has 1 aromatic carbocycles. The van der Waals surface area contributed by atoms with E-state index < -0.39 is 0 Å². The lowest BCUT2D eigenvalue weighted by Crippen LogP contribution is -2.28. The Morgan fingerprint density at radius 1 is 1.20 bits per heavy atom. The molecule has 1 aliphatic heterocycles. The van der Waals surface area contributed by atoms with Crippen LogP contribution in [0.2, 0.25) is 0 Å². The summed E-state index contributed by atoms with van der Waals surface area (Å²) in [4.78, 5) is 0. The molecule has 0 amide bonds. The van der Waals surface area contributed by atoms with E-state index in [0.29, 0.717) is 5.92 Å². The van der Waals surface area contributed by atoms with Crippen LogP contribution in [0.1, 0.15) is 35.7 Å². The molecule has 1 N–H and O–H groups in total. The van der Waals surface area contributed by atoms with Crippen LogP contribution in [-0.4, -0.2) is 22.9 Å². The van der Waals surface area contributed by atoms with Crippen molar-refractivity contribution in [2.24, 2.45) is 7.05 Å². The average molecular weight is 269 g/mol. The van der Waals surface area contributed by atoms with E-state index in [1.807, 2.05) is 11.7 Å². The molecule has 3 heteroatoms. The third kappa shape index (κ3) is 2.38. The zero-order valence-electron chi connectivity index (χ0n) is 12.6. The van der Waals surface area contributed by atoms with Crippen molar-refractivity contribution in [3.05, 3.63) is 41.2 Å². The Bertz CT molecular complexity index is 589. The first-order valence-electron chi connectivity index (χ1n) is 7.48. The van der Waals surface area contributed by atoms with Crippen LogP contribution in [0.3, 0.4) is 0 Å². The number of hydrogen-bond donors (Lipinski definition) is 1. The maximum Gasteiger partial charge on any atom is 0.0749 e. The van der Waals surface area contributed by atoms with Crippen LogP contribution in [-0.2, 0) is 7.05 Å². The standard InChI is InChI=1S/C17H23N3/c1-12-6-8-14(9-7-12)16-13(2)20(3)19-17(16)15-5-4-10-18-11-15/h6-9,15,18H,4-5,10-11H2,1-3H3. The number of benzene rings is 1. The molecule has 2 heterocycles. The van der Waals surface area contributed by atoms with Crippen LogP contribution in [0, 0.1) is 13.8 Å². The van der Waals surface area contributed by atoms with E-state index in [-0.39, 0.29) is 0 Å². The molecule has 20 heavy (non-hydrogen) atoms. The summed E-state index contributed by atoms with van der Waals surface area (Å²) in [6, 6.07) is 8.81. The van der Waals surface area contributed by atoms with Gasteiger partial charge in [0.2, 0.25) is 0 Å². The van der Waals surface area contributed by atoms with Crippen molar-refractivity contribution < 1.29 is 0 Å². The smallest absolute Gasteiger partial charge is 0.0749 e. The Morgan fingerprint density at radius 2 is 1.95 bits per heavy atom. The highest BCUT2D eigenvalue weighted by molar-refractivity contribution is 5.69. The van der Waals surface area contributed by atoms with Crippen molar-refractivity contribution in [2.75, 3.05) is 13.1 Å². The van der Waals surface area contributed by atoms with Crippen LogP contribution < -0.4 is 5.32 Å². The molecule has 3 nitrogen and oxygen atoms in total. The Labute approximate surface area is 121 Å². The van der Waals surface area contributed by atoms with Gasteiger partial charge in [0.1, 0.15) is 0 Å². The van der Waals surface area contributed by atoms with Gasteiger partial charge in [-0.1, -0.05) is 29.8 Å². The van der Waals surface area contributed by atoms with Gasteiger partial charge >= 0.3 is 0 Å². The SMILES string of the molecule is Cc1ccc(-c2c(C3CCCNC3)nn(C)c2C)cc1. The zero-order chi connectivity index (χ0) is 14.1. The van der Waals surface area contributed by atoms with Gasteiger partial charge in [-0.25, -0.2) is 0 Å². The molecule has 0 spiro atoms. The molecule has 0 bridgehead atoms. The lowest BCUT2D eigenvalue weighted by molar-refractivity contribution is 0.452. The van der Waals surface area contributed by atoms with E-state index in [4.69, 9.17) is 5.10 Å². The highest BCUT2D eigenvalue weighted by Crippen LogP contribution is 2.34. The van der Waals surface area contributed by atoms with Crippen LogP contribution in [0.4, 0.5) is 0 Å². The predicted molar refractivity (Wildman–Crippen MR) is 83.0 cm³/mol. The Morgan fingerprint density at radius 3 is 2.60 bits per heavy atom. The molecule has 2 aromatic rings. The fourth-order valence-corrected chi connectivity index (χ4v) is 3.08. The molecule has 3 rings (SSSR count). The number of rotatable bonds is 2. The molecule has 0 aliphatic carbocycles. The normalized spacial score (nSPS) is 19.2. The highest BCUT2D eigenvalue weighted by atomic mass is 15.3. The second kappa shape index (κ2) is 5.41. The van der Waals surface area contributed by atoms with E-state index in [1.165, 1.54) is 40.9 Å². The summed E-state index contributed by atoms with van der Waals surface area (Å²) in [6.45, 7) is 6.49. The average Bonchev–Trinajstić information content (AvgIpc) is 2.77. The minimum Gasteiger partial charge on any atom is -0.316 e. The summed E-state index contributed by atoms with van der Waals surface area (Å²) in [5.41, 5.74) is 6.45. The lowest BCUT2D eigenvalue weighted by atomic mass is 9.90. The van der Waals surface area contributed by atoms with Gasteiger partial charge in [0.15, 0.2) is 0 Å². The van der Waals surface area contributed by atoms with Gasteiger partial charge in [-0.3, -0.25) is 4.68 Å². The van der Waals surface area contributed by atoms with Crippen molar-refractivity contribution in [3.63, 3.8) is 0 Å². The molecule has 1 aliphatic rings. The van der Waals surface area contributed by atoms with Gasteiger partial charge < -0.3 is 5.32 Å². The minimum atomic E-state index is 0.542. The van der Waals surface area contributed by atoms with Gasteiger partial charge in [0.25, 0.3) is 0 Å². The molecule has 1 aromatic heterocycles. The van der Waals surface area contributed by atoms with Crippen LogP contribution in [0.25, 0.3) is 11.1 Å². The Balaban J connectivity index is 2.06. The number of hydrogen-bond acceptors (Lipinski definition) is 2. The second-order valence-corrected chi connectivity index (χ2v) is 5.88. The summed E-state index contributed by atoms with van der Waals surface area (Å²) in [6.07, 6.45) is 2.48.